The molecule has 0 saturated carbocycles. The second-order valence-electron chi connectivity index (χ2n) is 4.83. The summed E-state index contributed by atoms with van der Waals surface area (Å²) in [5, 5.41) is 8.80. The monoisotopic (exact) mass is 199 g/mol. The molecule has 0 spiro atoms. The Bertz CT molecular complexity index is 197. The van der Waals surface area contributed by atoms with Crippen LogP contribution in [-0.4, -0.2) is 35.6 Å². The van der Waals surface area contributed by atoms with Crippen LogP contribution in [0.4, 0.5) is 0 Å². The highest BCUT2D eigenvalue weighted by molar-refractivity contribution is 5.70. The van der Waals surface area contributed by atoms with E-state index in [2.05, 4.69) is 18.7 Å². The standard InChI is InChI=1S/C11H21NO2/c1-8(2)4-5-12-6-10(7-12)9(3)11(13)14/h8-10H,4-7H2,1-3H3,(H,13,14). The van der Waals surface area contributed by atoms with Crippen LogP contribution in [0.2, 0.25) is 0 Å². The lowest BCUT2D eigenvalue weighted by molar-refractivity contribution is -0.145. The fraction of sp³-hybridized carbons (Fsp3) is 0.909. The van der Waals surface area contributed by atoms with Gasteiger partial charge in [0.2, 0.25) is 0 Å². The highest BCUT2D eigenvalue weighted by Crippen LogP contribution is 2.24. The molecule has 0 bridgehead atoms. The molecule has 0 aromatic heterocycles. The van der Waals surface area contributed by atoms with Gasteiger partial charge >= 0.3 is 5.97 Å². The zero-order valence-corrected chi connectivity index (χ0v) is 9.36. The first-order valence-corrected chi connectivity index (χ1v) is 5.46. The Morgan fingerprint density at radius 1 is 1.43 bits per heavy atom. The Morgan fingerprint density at radius 3 is 2.43 bits per heavy atom. The van der Waals surface area contributed by atoms with E-state index in [1.54, 1.807) is 0 Å². The van der Waals surface area contributed by atoms with Gasteiger partial charge in [-0.25, -0.2) is 0 Å². The predicted octanol–water partition coefficient (Wildman–Crippen LogP) is 1.69. The van der Waals surface area contributed by atoms with Crippen LogP contribution in [0.15, 0.2) is 0 Å². The van der Waals surface area contributed by atoms with Gasteiger partial charge in [-0.2, -0.15) is 0 Å². The fourth-order valence-electron chi connectivity index (χ4n) is 1.75. The Hall–Kier alpha value is -0.570. The van der Waals surface area contributed by atoms with Crippen molar-refractivity contribution >= 4 is 5.97 Å². The molecule has 82 valence electrons. The molecule has 1 unspecified atom stereocenters. The van der Waals surface area contributed by atoms with Gasteiger partial charge in [0.15, 0.2) is 0 Å². The van der Waals surface area contributed by atoms with Gasteiger partial charge in [-0.05, 0) is 24.8 Å². The molecule has 0 radical (unpaired) electrons. The molecule has 1 saturated heterocycles. The Kier molecular flexibility index (Phi) is 3.93. The maximum atomic E-state index is 10.7. The lowest BCUT2D eigenvalue weighted by atomic mass is 9.87. The summed E-state index contributed by atoms with van der Waals surface area (Å²) >= 11 is 0. The van der Waals surface area contributed by atoms with Crippen LogP contribution in [0.3, 0.4) is 0 Å². The van der Waals surface area contributed by atoms with Crippen LogP contribution in [0.25, 0.3) is 0 Å². The molecule has 1 N–H and O–H groups in total. The second kappa shape index (κ2) is 4.78. The van der Waals surface area contributed by atoms with E-state index in [0.29, 0.717) is 5.92 Å². The van der Waals surface area contributed by atoms with Gasteiger partial charge in [0.25, 0.3) is 0 Å². The minimum atomic E-state index is -0.654. The van der Waals surface area contributed by atoms with Gasteiger partial charge in [0, 0.05) is 13.1 Å². The van der Waals surface area contributed by atoms with Crippen LogP contribution < -0.4 is 0 Å². The zero-order valence-electron chi connectivity index (χ0n) is 9.36. The van der Waals surface area contributed by atoms with E-state index in [9.17, 15) is 4.79 Å². The molecule has 0 aromatic carbocycles. The first-order valence-electron chi connectivity index (χ1n) is 5.46. The van der Waals surface area contributed by atoms with E-state index in [4.69, 9.17) is 5.11 Å². The van der Waals surface area contributed by atoms with Crippen molar-refractivity contribution < 1.29 is 9.90 Å². The minimum absolute atomic E-state index is 0.176. The molecule has 3 heteroatoms. The second-order valence-corrected chi connectivity index (χ2v) is 4.83. The number of hydrogen-bond acceptors (Lipinski definition) is 2. The summed E-state index contributed by atoms with van der Waals surface area (Å²) in [6, 6.07) is 0. The summed E-state index contributed by atoms with van der Waals surface area (Å²) in [4.78, 5) is 13.0. The molecule has 1 atom stereocenters. The molecule has 1 heterocycles. The van der Waals surface area contributed by atoms with Gasteiger partial charge in [0.1, 0.15) is 0 Å². The Labute approximate surface area is 86.1 Å². The van der Waals surface area contributed by atoms with E-state index in [1.165, 1.54) is 6.42 Å². The van der Waals surface area contributed by atoms with Crippen molar-refractivity contribution in [2.45, 2.75) is 27.2 Å². The average Bonchev–Trinajstić information content (AvgIpc) is 2.00. The molecular weight excluding hydrogens is 178 g/mol. The maximum Gasteiger partial charge on any atom is 0.306 e. The summed E-state index contributed by atoms with van der Waals surface area (Å²) in [6.45, 7) is 9.32. The molecule has 14 heavy (non-hydrogen) atoms. The van der Waals surface area contributed by atoms with E-state index in [-0.39, 0.29) is 5.92 Å². The summed E-state index contributed by atoms with van der Waals surface area (Å²) in [5.74, 6) is 0.286. The first kappa shape index (κ1) is 11.5. The molecule has 1 aliphatic rings. The first-order chi connectivity index (χ1) is 6.50. The molecule has 1 fully saturated rings. The molecule has 0 amide bonds. The van der Waals surface area contributed by atoms with Gasteiger partial charge < -0.3 is 10.0 Å². The lowest BCUT2D eigenvalue weighted by Crippen LogP contribution is -2.51. The predicted molar refractivity (Wildman–Crippen MR) is 56.2 cm³/mol. The largest absolute Gasteiger partial charge is 0.481 e. The van der Waals surface area contributed by atoms with E-state index in [0.717, 1.165) is 25.6 Å². The number of carboxylic acid groups (broad SMARTS) is 1. The Balaban J connectivity index is 2.14. The molecule has 1 rings (SSSR count). The number of carboxylic acids is 1. The van der Waals surface area contributed by atoms with Gasteiger partial charge in [0.05, 0.1) is 5.92 Å². The van der Waals surface area contributed by atoms with Crippen molar-refractivity contribution in [3.63, 3.8) is 0 Å². The van der Waals surface area contributed by atoms with Crippen molar-refractivity contribution in [3.8, 4) is 0 Å². The third-order valence-corrected chi connectivity index (χ3v) is 3.10. The highest BCUT2D eigenvalue weighted by atomic mass is 16.4. The normalized spacial score (nSPS) is 20.9. The molecule has 0 aromatic rings. The number of nitrogens with zero attached hydrogens (tertiary/aromatic N) is 1. The third-order valence-electron chi connectivity index (χ3n) is 3.10. The van der Waals surface area contributed by atoms with Crippen molar-refractivity contribution in [1.29, 1.82) is 0 Å². The zero-order chi connectivity index (χ0) is 10.7. The summed E-state index contributed by atoms with van der Waals surface area (Å²) in [5.41, 5.74) is 0. The van der Waals surface area contributed by atoms with Crippen molar-refractivity contribution in [2.75, 3.05) is 19.6 Å². The molecular formula is C11H21NO2. The Morgan fingerprint density at radius 2 is 2.00 bits per heavy atom. The third kappa shape index (κ3) is 2.98. The molecule has 1 aliphatic heterocycles. The number of aliphatic carboxylic acids is 1. The van der Waals surface area contributed by atoms with Crippen LogP contribution in [0, 0.1) is 17.8 Å². The van der Waals surface area contributed by atoms with E-state index < -0.39 is 5.97 Å². The average molecular weight is 199 g/mol. The number of rotatable bonds is 5. The highest BCUT2D eigenvalue weighted by Gasteiger charge is 2.33. The van der Waals surface area contributed by atoms with Crippen LogP contribution in [0.1, 0.15) is 27.2 Å². The van der Waals surface area contributed by atoms with Gasteiger partial charge in [-0.15, -0.1) is 0 Å². The lowest BCUT2D eigenvalue weighted by Gasteiger charge is -2.41. The van der Waals surface area contributed by atoms with E-state index in [1.807, 2.05) is 6.92 Å². The van der Waals surface area contributed by atoms with Crippen LogP contribution in [-0.2, 0) is 4.79 Å². The smallest absolute Gasteiger partial charge is 0.306 e. The van der Waals surface area contributed by atoms with Crippen molar-refractivity contribution in [3.05, 3.63) is 0 Å². The fourth-order valence-corrected chi connectivity index (χ4v) is 1.75. The van der Waals surface area contributed by atoms with Crippen molar-refractivity contribution in [2.24, 2.45) is 17.8 Å². The quantitative estimate of drug-likeness (QED) is 0.732. The number of likely N-dealkylation sites (tertiary alicyclic amines) is 1. The van der Waals surface area contributed by atoms with Gasteiger partial charge in [-0.1, -0.05) is 20.8 Å². The molecule has 0 aliphatic carbocycles. The van der Waals surface area contributed by atoms with E-state index >= 15 is 0 Å². The summed E-state index contributed by atoms with van der Waals surface area (Å²) < 4.78 is 0. The topological polar surface area (TPSA) is 40.5 Å². The maximum absolute atomic E-state index is 10.7. The SMILES string of the molecule is CC(C)CCN1CC(C(C)C(=O)O)C1. The van der Waals surface area contributed by atoms with Gasteiger partial charge in [-0.3, -0.25) is 4.79 Å². The molecule has 3 nitrogen and oxygen atoms in total. The minimum Gasteiger partial charge on any atom is -0.481 e. The summed E-state index contributed by atoms with van der Waals surface area (Å²) in [6.07, 6.45) is 1.22. The van der Waals surface area contributed by atoms with Crippen LogP contribution >= 0.6 is 0 Å². The van der Waals surface area contributed by atoms with Crippen molar-refractivity contribution in [1.82, 2.24) is 4.90 Å². The van der Waals surface area contributed by atoms with Crippen LogP contribution in [0.5, 0.6) is 0 Å². The summed E-state index contributed by atoms with van der Waals surface area (Å²) in [7, 11) is 0. The number of hydrogen-bond donors (Lipinski definition) is 1. The number of carbonyl (C=O) groups is 1.